The summed E-state index contributed by atoms with van der Waals surface area (Å²) in [7, 11) is 0. The zero-order valence-electron chi connectivity index (χ0n) is 48.3. The molecule has 0 saturated heterocycles. The number of aromatic nitrogens is 3. The van der Waals surface area contributed by atoms with E-state index in [4.69, 9.17) is 9.68 Å². The van der Waals surface area contributed by atoms with E-state index in [1.54, 1.807) is 6.92 Å². The average Bonchev–Trinajstić information content (AvgIpc) is 3.22. The minimum Gasteiger partial charge on any atom is -0.352 e. The lowest BCUT2D eigenvalue weighted by Crippen LogP contribution is -2.59. The van der Waals surface area contributed by atoms with E-state index in [1.807, 2.05) is 55.4 Å². The summed E-state index contributed by atoms with van der Waals surface area (Å²) in [6, 6.07) is -0.0318. The standard InChI is InChI=1S/C46H78N6O6.C5H10.C4H8O.C2H6/c1-16-32(4)48-57-34(6)47-36-23-43(11,12)27-46(15,24-36)30-52-39(55)50(28-44(13)20-31(3)19-41(7,8)25-44)38(54)51(40(52)56)29-45(14)22-35(21-42(9,10)26-45)18-37(53)58-49-33(5)17-2;1-4-5(2)3;1-3-4(2)5;1-2/h31,35-36,47H,6,16-30H2,1-5,7-15H3;2,4H2,1,3H3;3H2,1-2H3;1-2H3/b48-32-,49-33+;;;. The molecule has 0 spiro atoms. The summed E-state index contributed by atoms with van der Waals surface area (Å²) < 4.78 is 4.10. The molecule has 1 aromatic heterocycles. The molecule has 0 amide bonds. The molecule has 4 rings (SSSR count). The van der Waals surface area contributed by atoms with Gasteiger partial charge in [0.15, 0.2) is 0 Å². The first-order valence-electron chi connectivity index (χ1n) is 26.6. The molecule has 3 aliphatic carbocycles. The highest BCUT2D eigenvalue weighted by molar-refractivity contribution is 5.82. The average molecular weight is 983 g/mol. The summed E-state index contributed by atoms with van der Waals surface area (Å²) in [5, 5.41) is 11.6. The van der Waals surface area contributed by atoms with Gasteiger partial charge in [-0.1, -0.05) is 127 Å². The van der Waals surface area contributed by atoms with Crippen molar-refractivity contribution in [1.29, 1.82) is 0 Å². The fourth-order valence-electron chi connectivity index (χ4n) is 12.4. The highest BCUT2D eigenvalue weighted by atomic mass is 16.7. The van der Waals surface area contributed by atoms with Gasteiger partial charge in [-0.25, -0.2) is 32.9 Å². The molecule has 1 heterocycles. The number of nitrogens with one attached hydrogen (secondary N) is 1. The molecule has 3 fully saturated rings. The lowest BCUT2D eigenvalue weighted by atomic mass is 9.60. The van der Waals surface area contributed by atoms with Crippen LogP contribution in [0.2, 0.25) is 0 Å². The van der Waals surface area contributed by atoms with E-state index in [-0.39, 0.29) is 71.4 Å². The van der Waals surface area contributed by atoms with Gasteiger partial charge >= 0.3 is 23.0 Å². The van der Waals surface area contributed by atoms with Crippen molar-refractivity contribution >= 4 is 23.2 Å². The molecule has 0 aromatic carbocycles. The Morgan fingerprint density at radius 2 is 0.957 bits per heavy atom. The van der Waals surface area contributed by atoms with Crippen molar-refractivity contribution in [3.05, 3.63) is 56.1 Å². The second-order valence-corrected chi connectivity index (χ2v) is 25.0. The number of hydrogen-bond donors (Lipinski definition) is 1. The van der Waals surface area contributed by atoms with E-state index in [1.165, 1.54) is 19.3 Å². The molecule has 1 N–H and O–H groups in total. The number of carbonyl (C=O) groups excluding carboxylic acids is 2. The number of carbonyl (C=O) groups is 2. The van der Waals surface area contributed by atoms with Gasteiger partial charge < -0.3 is 19.8 Å². The van der Waals surface area contributed by atoms with Gasteiger partial charge in [0.05, 0.1) is 17.8 Å². The third-order valence-corrected chi connectivity index (χ3v) is 14.2. The maximum atomic E-state index is 14.9. The van der Waals surface area contributed by atoms with Crippen LogP contribution in [0.1, 0.15) is 228 Å². The fraction of sp³-hybridized carbons (Fsp3) is 0.807. The lowest BCUT2D eigenvalue weighted by Gasteiger charge is -2.47. The lowest BCUT2D eigenvalue weighted by molar-refractivity contribution is -0.146. The van der Waals surface area contributed by atoms with Crippen LogP contribution in [0.5, 0.6) is 0 Å². The Hall–Kier alpha value is -4.03. The third kappa shape index (κ3) is 21.4. The Balaban J connectivity index is 0.00000183. The van der Waals surface area contributed by atoms with Crippen LogP contribution in [0.3, 0.4) is 0 Å². The van der Waals surface area contributed by atoms with E-state index in [0.29, 0.717) is 37.5 Å². The van der Waals surface area contributed by atoms with Crippen molar-refractivity contribution in [1.82, 2.24) is 19.0 Å². The van der Waals surface area contributed by atoms with Crippen LogP contribution >= 0.6 is 0 Å². The molecule has 0 aliphatic heterocycles. The maximum Gasteiger partial charge on any atom is 0.336 e. The van der Waals surface area contributed by atoms with Gasteiger partial charge in [-0.15, -0.1) is 6.58 Å². The zero-order chi connectivity index (χ0) is 54.2. The molecule has 3 aliphatic rings. The summed E-state index contributed by atoms with van der Waals surface area (Å²) in [4.78, 5) is 78.1. The van der Waals surface area contributed by atoms with E-state index in [0.717, 1.165) is 69.2 Å². The van der Waals surface area contributed by atoms with Gasteiger partial charge in [0.1, 0.15) is 5.78 Å². The smallest absolute Gasteiger partial charge is 0.336 e. The number of ketones is 1. The van der Waals surface area contributed by atoms with Crippen LogP contribution < -0.4 is 22.4 Å². The molecule has 3 saturated carbocycles. The van der Waals surface area contributed by atoms with Gasteiger partial charge in [0.25, 0.3) is 0 Å². The Morgan fingerprint density at radius 3 is 1.34 bits per heavy atom. The van der Waals surface area contributed by atoms with Gasteiger partial charge in [0, 0.05) is 32.1 Å². The number of rotatable bonds is 17. The SMILES string of the molecule is C=C(C)CC.C=C(NC1CC(C)(C)CC(C)(Cn2c(=O)n(CC3(C)CC(C)CC(C)(C)C3)c(=O)n(CC3(C)CC(CC(=O)O/N=C(\C)CC)CC(C)(C)C3)c2=O)C1)O/N=C(/C)CC.CC.CCC(C)=O. The predicted octanol–water partition coefficient (Wildman–Crippen LogP) is 13.0. The monoisotopic (exact) mass is 983 g/mol. The van der Waals surface area contributed by atoms with Crippen LogP contribution in [0.25, 0.3) is 0 Å². The van der Waals surface area contributed by atoms with Crippen LogP contribution in [-0.4, -0.2) is 42.9 Å². The van der Waals surface area contributed by atoms with Crippen molar-refractivity contribution < 1.29 is 19.3 Å². The fourth-order valence-corrected chi connectivity index (χ4v) is 12.4. The Bertz CT molecular complexity index is 2030. The van der Waals surface area contributed by atoms with Crippen molar-refractivity contribution in [3.8, 4) is 0 Å². The Labute approximate surface area is 424 Å². The van der Waals surface area contributed by atoms with Crippen molar-refractivity contribution in [3.63, 3.8) is 0 Å². The summed E-state index contributed by atoms with van der Waals surface area (Å²) in [6.45, 7) is 49.6. The van der Waals surface area contributed by atoms with E-state index >= 15 is 0 Å². The molecule has 402 valence electrons. The second kappa shape index (κ2) is 27.1. The third-order valence-electron chi connectivity index (χ3n) is 14.2. The molecular formula is C57H102N6O7. The van der Waals surface area contributed by atoms with Crippen LogP contribution in [0, 0.1) is 44.3 Å². The summed E-state index contributed by atoms with van der Waals surface area (Å²) in [5.41, 5.74) is -0.302. The first-order valence-corrected chi connectivity index (χ1v) is 26.6. The molecule has 13 heteroatoms. The summed E-state index contributed by atoms with van der Waals surface area (Å²) in [5.74, 6) is 0.659. The van der Waals surface area contributed by atoms with Crippen LogP contribution in [-0.2, 0) is 38.9 Å². The summed E-state index contributed by atoms with van der Waals surface area (Å²) >= 11 is 0. The van der Waals surface area contributed by atoms with E-state index in [2.05, 4.69) is 105 Å². The van der Waals surface area contributed by atoms with Gasteiger partial charge in [0.2, 0.25) is 5.88 Å². The number of Topliss-reactive ketones (excluding diaryl/α,β-unsaturated/α-hetero) is 1. The molecule has 0 radical (unpaired) electrons. The van der Waals surface area contributed by atoms with Crippen molar-refractivity contribution in [2.45, 2.75) is 254 Å². The predicted molar refractivity (Wildman–Crippen MR) is 291 cm³/mol. The maximum absolute atomic E-state index is 14.9. The quantitative estimate of drug-likeness (QED) is 0.0532. The molecule has 13 nitrogen and oxygen atoms in total. The van der Waals surface area contributed by atoms with Gasteiger partial charge in [-0.05, 0) is 156 Å². The number of allylic oxidation sites excluding steroid dienone is 1. The first-order chi connectivity index (χ1) is 32.1. The number of nitrogens with zero attached hydrogens (tertiary/aromatic N) is 5. The molecule has 1 aromatic rings. The summed E-state index contributed by atoms with van der Waals surface area (Å²) in [6.07, 6.45) is 10.8. The molecule has 6 atom stereocenters. The highest BCUT2D eigenvalue weighted by Gasteiger charge is 2.46. The first kappa shape index (κ1) is 64.0. The largest absolute Gasteiger partial charge is 0.352 e. The van der Waals surface area contributed by atoms with E-state index in [9.17, 15) is 24.0 Å². The number of oxime groups is 2. The number of hydrogen-bond acceptors (Lipinski definition) is 10. The molecule has 6 unspecified atom stereocenters. The zero-order valence-corrected chi connectivity index (χ0v) is 48.3. The normalized spacial score (nSPS) is 26.9. The highest BCUT2D eigenvalue weighted by Crippen LogP contribution is 2.51. The topological polar surface area (TPSA) is 155 Å². The molecule has 70 heavy (non-hydrogen) atoms. The molecular weight excluding hydrogens is 881 g/mol. The van der Waals surface area contributed by atoms with Crippen molar-refractivity contribution in [2.75, 3.05) is 0 Å². The van der Waals surface area contributed by atoms with Crippen LogP contribution in [0.4, 0.5) is 0 Å². The van der Waals surface area contributed by atoms with Gasteiger partial charge in [-0.2, -0.15) is 0 Å². The van der Waals surface area contributed by atoms with Crippen molar-refractivity contribution in [2.24, 2.45) is 54.6 Å². The minimum atomic E-state index is -0.565. The van der Waals surface area contributed by atoms with E-state index < -0.39 is 27.9 Å². The second-order valence-electron chi connectivity index (χ2n) is 25.0. The Kier molecular flexibility index (Phi) is 24.8. The van der Waals surface area contributed by atoms with Crippen LogP contribution in [0.15, 0.2) is 49.3 Å². The Morgan fingerprint density at radius 1 is 0.586 bits per heavy atom. The molecule has 0 bridgehead atoms. The minimum absolute atomic E-state index is 0.0183. The van der Waals surface area contributed by atoms with Gasteiger partial charge in [-0.3, -0.25) is 0 Å².